The molecular weight excluding hydrogens is 331 g/mol. The maximum absolute atomic E-state index is 13.2. The molecule has 2 aromatic carbocycles. The van der Waals surface area contributed by atoms with Crippen molar-refractivity contribution in [2.24, 2.45) is 0 Å². The minimum atomic E-state index is -1.21. The number of rotatable bonds is 5. The highest BCUT2D eigenvalue weighted by Gasteiger charge is 2.27. The second-order valence-electron chi connectivity index (χ2n) is 5.00. The monoisotopic (exact) mass is 345 g/mol. The number of anilines is 1. The highest BCUT2D eigenvalue weighted by atomic mass is 35.5. The molecule has 0 saturated heterocycles. The van der Waals surface area contributed by atoms with Crippen LogP contribution in [0, 0.1) is 11.6 Å². The van der Waals surface area contributed by atoms with Crippen molar-refractivity contribution in [2.45, 2.75) is 18.9 Å². The average Bonchev–Trinajstić information content (AvgIpc) is 2.51. The van der Waals surface area contributed by atoms with Crippen LogP contribution in [-0.2, 0) is 5.60 Å². The van der Waals surface area contributed by atoms with E-state index in [0.29, 0.717) is 27.7 Å². The van der Waals surface area contributed by atoms with Crippen molar-refractivity contribution < 1.29 is 13.9 Å². The summed E-state index contributed by atoms with van der Waals surface area (Å²) in [6.07, 6.45) is 0.404. The van der Waals surface area contributed by atoms with Crippen molar-refractivity contribution in [1.82, 2.24) is 0 Å². The van der Waals surface area contributed by atoms with Gasteiger partial charge in [-0.05, 0) is 36.2 Å². The topological polar surface area (TPSA) is 32.3 Å². The van der Waals surface area contributed by atoms with Gasteiger partial charge >= 0.3 is 0 Å². The lowest BCUT2D eigenvalue weighted by Gasteiger charge is -2.28. The molecule has 2 nitrogen and oxygen atoms in total. The molecule has 6 heteroatoms. The van der Waals surface area contributed by atoms with Crippen LogP contribution in [0.3, 0.4) is 0 Å². The summed E-state index contributed by atoms with van der Waals surface area (Å²) in [7, 11) is 0. The van der Waals surface area contributed by atoms with E-state index >= 15 is 0 Å². The summed E-state index contributed by atoms with van der Waals surface area (Å²) in [6, 6.07) is 8.37. The molecule has 0 saturated carbocycles. The van der Waals surface area contributed by atoms with Crippen molar-refractivity contribution in [3.8, 4) is 0 Å². The molecule has 0 bridgehead atoms. The van der Waals surface area contributed by atoms with Gasteiger partial charge in [-0.1, -0.05) is 36.2 Å². The number of hydrogen-bond donors (Lipinski definition) is 2. The summed E-state index contributed by atoms with van der Waals surface area (Å²) < 4.78 is 26.1. The molecule has 22 heavy (non-hydrogen) atoms. The molecule has 2 aromatic rings. The van der Waals surface area contributed by atoms with Gasteiger partial charge in [0.15, 0.2) is 11.6 Å². The fourth-order valence-corrected chi connectivity index (χ4v) is 2.37. The van der Waals surface area contributed by atoms with E-state index in [1.54, 1.807) is 18.2 Å². The molecule has 1 unspecified atom stereocenters. The average molecular weight is 346 g/mol. The summed E-state index contributed by atoms with van der Waals surface area (Å²) in [5.74, 6) is -1.86. The van der Waals surface area contributed by atoms with Gasteiger partial charge in [0.1, 0.15) is 5.60 Å². The van der Waals surface area contributed by atoms with Crippen molar-refractivity contribution >= 4 is 28.9 Å². The minimum absolute atomic E-state index is 0.118. The van der Waals surface area contributed by atoms with Gasteiger partial charge in [0, 0.05) is 18.3 Å². The Morgan fingerprint density at radius 2 is 1.77 bits per heavy atom. The molecule has 118 valence electrons. The van der Waals surface area contributed by atoms with Crippen molar-refractivity contribution in [2.75, 3.05) is 11.9 Å². The maximum Gasteiger partial charge on any atom is 0.160 e. The SMILES string of the molecule is CCC(O)(CNc1ccc(F)c(F)c1)c1ccc(Cl)c(Cl)c1. The second-order valence-corrected chi connectivity index (χ2v) is 5.81. The van der Waals surface area contributed by atoms with Crippen LogP contribution in [0.25, 0.3) is 0 Å². The molecule has 0 heterocycles. The standard InChI is InChI=1S/C16H15Cl2F2NO/c1-2-16(22,10-3-5-12(17)13(18)7-10)9-21-11-4-6-14(19)15(20)8-11/h3-8,21-22H,2,9H2,1H3. The third-order valence-corrected chi connectivity index (χ3v) is 4.29. The lowest BCUT2D eigenvalue weighted by atomic mass is 9.91. The first kappa shape index (κ1) is 17.0. The Bertz CT molecular complexity index is 681. The number of hydrogen-bond acceptors (Lipinski definition) is 2. The van der Waals surface area contributed by atoms with Crippen LogP contribution in [0.15, 0.2) is 36.4 Å². The van der Waals surface area contributed by atoms with Gasteiger partial charge in [-0.25, -0.2) is 8.78 Å². The molecular formula is C16H15Cl2F2NO. The first-order valence-electron chi connectivity index (χ1n) is 6.72. The fraction of sp³-hybridized carbons (Fsp3) is 0.250. The second kappa shape index (κ2) is 6.82. The normalized spacial score (nSPS) is 13.7. The lowest BCUT2D eigenvalue weighted by Crippen LogP contribution is -2.33. The molecule has 0 fully saturated rings. The van der Waals surface area contributed by atoms with E-state index in [2.05, 4.69) is 5.32 Å². The zero-order chi connectivity index (χ0) is 16.3. The van der Waals surface area contributed by atoms with E-state index in [1.165, 1.54) is 6.07 Å². The zero-order valence-corrected chi connectivity index (χ0v) is 13.3. The van der Waals surface area contributed by atoms with Crippen LogP contribution in [0.1, 0.15) is 18.9 Å². The Balaban J connectivity index is 2.19. The molecule has 0 aromatic heterocycles. The Morgan fingerprint density at radius 3 is 2.36 bits per heavy atom. The van der Waals surface area contributed by atoms with E-state index in [4.69, 9.17) is 23.2 Å². The van der Waals surface area contributed by atoms with Crippen LogP contribution < -0.4 is 5.32 Å². The Labute approximate surface area is 137 Å². The van der Waals surface area contributed by atoms with Crippen molar-refractivity contribution in [3.63, 3.8) is 0 Å². The van der Waals surface area contributed by atoms with Crippen molar-refractivity contribution in [3.05, 3.63) is 63.6 Å². The first-order valence-corrected chi connectivity index (χ1v) is 7.48. The Kier molecular flexibility index (Phi) is 5.27. The van der Waals surface area contributed by atoms with Gasteiger partial charge in [-0.2, -0.15) is 0 Å². The smallest absolute Gasteiger partial charge is 0.160 e. The van der Waals surface area contributed by atoms with Crippen LogP contribution in [0.2, 0.25) is 10.0 Å². The van der Waals surface area contributed by atoms with Gasteiger partial charge in [-0.3, -0.25) is 0 Å². The molecule has 0 aliphatic rings. The minimum Gasteiger partial charge on any atom is -0.383 e. The lowest BCUT2D eigenvalue weighted by molar-refractivity contribution is 0.0464. The van der Waals surface area contributed by atoms with Gasteiger partial charge in [0.2, 0.25) is 0 Å². The summed E-state index contributed by atoms with van der Waals surface area (Å²) in [5, 5.41) is 14.4. The fourth-order valence-electron chi connectivity index (χ4n) is 2.07. The molecule has 0 aliphatic heterocycles. The third kappa shape index (κ3) is 3.69. The predicted molar refractivity (Wildman–Crippen MR) is 85.5 cm³/mol. The molecule has 0 radical (unpaired) electrons. The van der Waals surface area contributed by atoms with Gasteiger partial charge in [0.25, 0.3) is 0 Å². The van der Waals surface area contributed by atoms with Gasteiger partial charge in [0.05, 0.1) is 10.0 Å². The molecule has 0 spiro atoms. The summed E-state index contributed by atoms with van der Waals surface area (Å²) >= 11 is 11.9. The highest BCUT2D eigenvalue weighted by Crippen LogP contribution is 2.31. The summed E-state index contributed by atoms with van der Waals surface area (Å²) in [5.41, 5.74) is -0.232. The van der Waals surface area contributed by atoms with Crippen LogP contribution in [-0.4, -0.2) is 11.7 Å². The first-order chi connectivity index (χ1) is 10.4. The quantitative estimate of drug-likeness (QED) is 0.800. The van der Waals surface area contributed by atoms with Crippen LogP contribution in [0.5, 0.6) is 0 Å². The van der Waals surface area contributed by atoms with Crippen molar-refractivity contribution in [1.29, 1.82) is 0 Å². The van der Waals surface area contributed by atoms with Crippen LogP contribution >= 0.6 is 23.2 Å². The Hall–Kier alpha value is -1.36. The highest BCUT2D eigenvalue weighted by molar-refractivity contribution is 6.42. The molecule has 1 atom stereocenters. The number of benzene rings is 2. The van der Waals surface area contributed by atoms with E-state index < -0.39 is 17.2 Å². The third-order valence-electron chi connectivity index (χ3n) is 3.55. The van der Waals surface area contributed by atoms with Gasteiger partial charge in [-0.15, -0.1) is 0 Å². The van der Waals surface area contributed by atoms with E-state index in [0.717, 1.165) is 12.1 Å². The molecule has 0 aliphatic carbocycles. The predicted octanol–water partition coefficient (Wildman–Crippen LogP) is 4.98. The Morgan fingerprint density at radius 1 is 1.05 bits per heavy atom. The van der Waals surface area contributed by atoms with E-state index in [-0.39, 0.29) is 6.54 Å². The molecule has 0 amide bonds. The number of nitrogens with one attached hydrogen (secondary N) is 1. The largest absolute Gasteiger partial charge is 0.383 e. The molecule has 2 rings (SSSR count). The summed E-state index contributed by atoms with van der Waals surface area (Å²) in [6.45, 7) is 1.93. The van der Waals surface area contributed by atoms with E-state index in [1.807, 2.05) is 6.92 Å². The van der Waals surface area contributed by atoms with Gasteiger partial charge < -0.3 is 10.4 Å². The maximum atomic E-state index is 13.2. The summed E-state index contributed by atoms with van der Waals surface area (Å²) in [4.78, 5) is 0. The zero-order valence-electron chi connectivity index (χ0n) is 11.8. The number of halogens is 4. The van der Waals surface area contributed by atoms with Crippen LogP contribution in [0.4, 0.5) is 14.5 Å². The number of aliphatic hydroxyl groups is 1. The molecule has 2 N–H and O–H groups in total. The van der Waals surface area contributed by atoms with E-state index in [9.17, 15) is 13.9 Å².